The Morgan fingerprint density at radius 2 is 1.25 bits per heavy atom. The van der Waals surface area contributed by atoms with E-state index in [-0.39, 0.29) is 18.4 Å². The maximum absolute atomic E-state index is 12.2. The Morgan fingerprint density at radius 1 is 0.792 bits per heavy atom. The molecule has 0 radical (unpaired) electrons. The molecule has 48 heavy (non-hydrogen) atoms. The maximum atomic E-state index is 12.2. The van der Waals surface area contributed by atoms with Crippen molar-refractivity contribution in [1.29, 1.82) is 0 Å². The molecule has 7 unspecified atom stereocenters. The van der Waals surface area contributed by atoms with Crippen molar-refractivity contribution >= 4 is 46.9 Å². The number of ether oxygens (including phenoxy) is 1. The zero-order chi connectivity index (χ0) is 36.8. The van der Waals surface area contributed by atoms with E-state index in [2.05, 4.69) is 30.6 Å². The number of unbranched alkanes of at least 4 members (excludes halogenated alkanes) is 3. The Hall–Kier alpha value is -0.580. The van der Waals surface area contributed by atoms with Gasteiger partial charge in [0.15, 0.2) is 0 Å². The van der Waals surface area contributed by atoms with Gasteiger partial charge in [-0.2, -0.15) is 21.6 Å². The summed E-state index contributed by atoms with van der Waals surface area (Å²) in [6.07, 6.45) is -1.54. The second kappa shape index (κ2) is 17.3. The largest absolute Gasteiger partial charge is 0.490 e. The number of aliphatic hydroxyl groups is 1. The first kappa shape index (κ1) is 43.6. The molecule has 2 heterocycles. The van der Waals surface area contributed by atoms with Crippen LogP contribution in [0.25, 0.3) is 0 Å². The summed E-state index contributed by atoms with van der Waals surface area (Å²) in [7, 11) is -36.5. The van der Waals surface area contributed by atoms with Crippen LogP contribution in [0.2, 0.25) is 0 Å². The first-order valence-corrected chi connectivity index (χ1v) is 21.9. The van der Waals surface area contributed by atoms with Gasteiger partial charge in [0.05, 0.1) is 19.3 Å². The highest BCUT2D eigenvalue weighted by Gasteiger charge is 2.50. The number of aliphatic hydroxyl groups excluding tert-OH is 1. The molecule has 0 aliphatic carbocycles. The van der Waals surface area contributed by atoms with E-state index in [4.69, 9.17) is 10.5 Å². The summed E-state index contributed by atoms with van der Waals surface area (Å²) in [5.41, 5.74) is 3.77. The number of nitrogens with one attached hydrogen (secondary N) is 1. The van der Waals surface area contributed by atoms with E-state index in [1.165, 1.54) is 6.92 Å². The van der Waals surface area contributed by atoms with Crippen LogP contribution in [0.5, 0.6) is 0 Å². The van der Waals surface area contributed by atoms with Crippen LogP contribution in [0.1, 0.15) is 43.9 Å². The lowest BCUT2D eigenvalue weighted by Crippen LogP contribution is -2.33. The van der Waals surface area contributed by atoms with Crippen LogP contribution in [0.15, 0.2) is 15.8 Å². The van der Waals surface area contributed by atoms with E-state index in [1.54, 1.807) is 0 Å². The normalized spacial score (nSPS) is 26.0. The lowest BCUT2D eigenvalue weighted by Gasteiger charge is -2.21. The second-order valence-electron chi connectivity index (χ2n) is 9.46. The SMILES string of the molecule is Cc1cn([C@H]2CC(O)[C@@H](COP(=O)(O)OP(=O)(O)OP(=O)(O)OP(=O)(O)OP(=O)(O)OP(=O)(O)OCCCCCCN)O2)c(=O)[nH]c1=O. The quantitative estimate of drug-likeness (QED) is 0.0609. The third-order valence-corrected chi connectivity index (χ3v) is 14.7. The molecule has 26 nitrogen and oxygen atoms in total. The molecule has 1 saturated heterocycles. The highest BCUT2D eigenvalue weighted by Crippen LogP contribution is 2.75. The van der Waals surface area contributed by atoms with Crippen molar-refractivity contribution in [3.8, 4) is 0 Å². The van der Waals surface area contributed by atoms with Crippen LogP contribution < -0.4 is 17.0 Å². The third-order valence-electron chi connectivity index (χ3n) is 5.45. The first-order valence-electron chi connectivity index (χ1n) is 12.9. The Kier molecular flexibility index (Phi) is 15.7. The van der Waals surface area contributed by atoms with Gasteiger partial charge in [0, 0.05) is 18.2 Å². The molecule has 1 aliphatic heterocycles. The van der Waals surface area contributed by atoms with Gasteiger partial charge in [0.25, 0.3) is 5.56 Å². The number of hydrogen-bond donors (Lipinski definition) is 9. The smallest absolute Gasteiger partial charge is 0.390 e. The number of aromatic nitrogens is 2. The minimum absolute atomic E-state index is 0.0914. The summed E-state index contributed by atoms with van der Waals surface area (Å²) in [4.78, 5) is 83.1. The van der Waals surface area contributed by atoms with Crippen molar-refractivity contribution in [2.24, 2.45) is 5.73 Å². The Balaban J connectivity index is 1.94. The number of phosphoric ester groups is 2. The minimum atomic E-state index is -6.44. The number of hydrogen-bond acceptors (Lipinski definition) is 18. The van der Waals surface area contributed by atoms with Gasteiger partial charge in [0.1, 0.15) is 12.3 Å². The number of nitrogens with two attached hydrogens (primary N) is 1. The van der Waals surface area contributed by atoms with Gasteiger partial charge in [-0.15, -0.1) is 0 Å². The zero-order valence-electron chi connectivity index (χ0n) is 24.3. The Morgan fingerprint density at radius 3 is 1.75 bits per heavy atom. The topological polar surface area (TPSA) is 399 Å². The van der Waals surface area contributed by atoms with Crippen LogP contribution in [-0.4, -0.2) is 76.0 Å². The van der Waals surface area contributed by atoms with Crippen molar-refractivity contribution in [1.82, 2.24) is 9.55 Å². The van der Waals surface area contributed by atoms with Crippen molar-refractivity contribution in [2.75, 3.05) is 19.8 Å². The summed E-state index contributed by atoms with van der Waals surface area (Å²) in [5, 5.41) is 10.2. The lowest BCUT2D eigenvalue weighted by atomic mass is 10.2. The molecular weight excluding hydrogens is 788 g/mol. The average molecular weight is 821 g/mol. The number of H-pyrrole nitrogens is 1. The molecule has 1 aromatic heterocycles. The predicted molar refractivity (Wildman–Crippen MR) is 154 cm³/mol. The molecule has 2 rings (SSSR count). The summed E-state index contributed by atoms with van der Waals surface area (Å²) >= 11 is 0. The number of phosphoric acid groups is 6. The van der Waals surface area contributed by atoms with E-state index in [0.29, 0.717) is 25.8 Å². The standard InChI is InChI=1S/C16H33N3O23P6/c1-11-9-19(16(22)18-15(11)21)14-8-12(20)13(37-14)10-36-44(25,26)39-46(29,30)41-48(33,34)42-47(31,32)40-45(27,28)38-43(23,24)35-7-5-3-2-4-6-17/h9,12-14,20H,2-8,10,17H2,1H3,(H,23,24)(H,25,26)(H,27,28)(H,29,30)(H,31,32)(H,33,34)(H,18,21,22)/t12?,13-,14-/m1/s1. The summed E-state index contributed by atoms with van der Waals surface area (Å²) in [5.74, 6) is 0. The molecule has 0 aromatic carbocycles. The lowest BCUT2D eigenvalue weighted by molar-refractivity contribution is -0.0450. The maximum Gasteiger partial charge on any atom is 0.490 e. The van der Waals surface area contributed by atoms with Gasteiger partial charge in [-0.1, -0.05) is 12.8 Å². The number of rotatable bonds is 21. The van der Waals surface area contributed by atoms with Crippen LogP contribution in [0, 0.1) is 6.92 Å². The number of aryl methyl sites for hydroxylation is 1. The van der Waals surface area contributed by atoms with Crippen LogP contribution in [0.4, 0.5) is 0 Å². The summed E-state index contributed by atoms with van der Waals surface area (Å²) in [6.45, 7) is 0.160. The van der Waals surface area contributed by atoms with Crippen molar-refractivity contribution < 1.29 is 97.2 Å². The van der Waals surface area contributed by atoms with Crippen LogP contribution in [-0.2, 0) is 62.7 Å². The molecule has 10 N–H and O–H groups in total. The summed E-state index contributed by atoms with van der Waals surface area (Å²) in [6, 6.07) is 0. The van der Waals surface area contributed by atoms with Gasteiger partial charge in [0.2, 0.25) is 0 Å². The van der Waals surface area contributed by atoms with Crippen molar-refractivity contribution in [2.45, 2.75) is 57.5 Å². The van der Waals surface area contributed by atoms with Crippen molar-refractivity contribution in [3.05, 3.63) is 32.6 Å². The van der Waals surface area contributed by atoms with Crippen LogP contribution in [0.3, 0.4) is 0 Å². The number of aromatic amines is 1. The fraction of sp³-hybridized carbons (Fsp3) is 0.750. The molecular formula is C16H33N3O23P6. The van der Waals surface area contributed by atoms with Gasteiger partial charge in [-0.05, 0) is 26.3 Å². The average Bonchev–Trinajstić information content (AvgIpc) is 3.23. The predicted octanol–water partition coefficient (Wildman–Crippen LogP) is 0.731. The molecule has 0 saturated carbocycles. The second-order valence-corrected chi connectivity index (χ2v) is 18.9. The molecule has 280 valence electrons. The van der Waals surface area contributed by atoms with Gasteiger partial charge < -0.3 is 44.9 Å². The van der Waals surface area contributed by atoms with E-state index in [0.717, 1.165) is 10.8 Å². The fourth-order valence-corrected chi connectivity index (χ4v) is 11.4. The molecule has 32 heteroatoms. The van der Waals surface area contributed by atoms with E-state index in [9.17, 15) is 71.4 Å². The first-order chi connectivity index (χ1) is 21.8. The van der Waals surface area contributed by atoms with E-state index in [1.807, 2.05) is 4.98 Å². The highest BCUT2D eigenvalue weighted by molar-refractivity contribution is 7.72. The van der Waals surface area contributed by atoms with Gasteiger partial charge >= 0.3 is 52.6 Å². The zero-order valence-corrected chi connectivity index (χ0v) is 29.7. The molecule has 1 fully saturated rings. The number of nitrogens with zero attached hydrogens (tertiary/aromatic N) is 1. The fourth-order valence-electron chi connectivity index (χ4n) is 3.54. The van der Waals surface area contributed by atoms with E-state index < -0.39 is 89.8 Å². The Labute approximate surface area is 269 Å². The van der Waals surface area contributed by atoms with Crippen molar-refractivity contribution in [3.63, 3.8) is 0 Å². The van der Waals surface area contributed by atoms with E-state index >= 15 is 0 Å². The molecule has 1 aromatic rings. The van der Waals surface area contributed by atoms with Gasteiger partial charge in [-0.25, -0.2) is 32.2 Å². The minimum Gasteiger partial charge on any atom is -0.390 e. The monoisotopic (exact) mass is 821 g/mol. The van der Waals surface area contributed by atoms with Gasteiger partial charge in [-0.3, -0.25) is 23.4 Å². The van der Waals surface area contributed by atoms with Crippen LogP contribution >= 0.6 is 46.9 Å². The molecule has 0 bridgehead atoms. The molecule has 1 aliphatic rings. The third kappa shape index (κ3) is 15.3. The molecule has 9 atom stereocenters. The highest BCUT2D eigenvalue weighted by atomic mass is 31.3. The molecule has 0 spiro atoms. The Bertz CT molecular complexity index is 1680. The summed E-state index contributed by atoms with van der Waals surface area (Å²) < 4.78 is 105. The molecule has 0 amide bonds.